The van der Waals surface area contributed by atoms with E-state index in [0.29, 0.717) is 11.5 Å². The Kier molecular flexibility index (Phi) is 14.0. The van der Waals surface area contributed by atoms with E-state index in [4.69, 9.17) is 4.74 Å². The fourth-order valence-electron chi connectivity index (χ4n) is 2.31. The Labute approximate surface area is 189 Å². The van der Waals surface area contributed by atoms with E-state index in [2.05, 4.69) is 46.1 Å². The Morgan fingerprint density at radius 2 is 0.871 bits per heavy atom. The molecule has 0 aromatic heterocycles. The Morgan fingerprint density at radius 1 is 0.484 bits per heavy atom. The maximum atomic E-state index is 5.93. The van der Waals surface area contributed by atoms with Gasteiger partial charge in [-0.25, -0.2) is 0 Å². The number of allylic oxidation sites excluding steroid dienone is 19. The van der Waals surface area contributed by atoms with Crippen LogP contribution in [0.1, 0.15) is 13.8 Å². The second-order valence-electron chi connectivity index (χ2n) is 6.19. The van der Waals surface area contributed by atoms with Gasteiger partial charge in [-0.1, -0.05) is 112 Å². The molecular weight excluding hydrogens is 376 g/mol. The van der Waals surface area contributed by atoms with E-state index in [9.17, 15) is 0 Å². The zero-order valence-electron chi connectivity index (χ0n) is 18.9. The zero-order valence-corrected chi connectivity index (χ0v) is 18.9. The van der Waals surface area contributed by atoms with E-state index in [-0.39, 0.29) is 0 Å². The molecule has 1 nitrogen and oxygen atoms in total. The summed E-state index contributed by atoms with van der Waals surface area (Å²) in [5.74, 6) is 1.14. The lowest BCUT2D eigenvalue weighted by atomic mass is 10.0. The van der Waals surface area contributed by atoms with Gasteiger partial charge in [0.15, 0.2) is 0 Å². The highest BCUT2D eigenvalue weighted by molar-refractivity contribution is 5.50. The van der Waals surface area contributed by atoms with Crippen molar-refractivity contribution in [2.75, 3.05) is 0 Å². The number of hydrogen-bond donors (Lipinski definition) is 0. The van der Waals surface area contributed by atoms with Gasteiger partial charge in [-0.3, -0.25) is 0 Å². The molecule has 0 aliphatic heterocycles. The summed E-state index contributed by atoms with van der Waals surface area (Å²) in [5, 5.41) is 0. The first kappa shape index (κ1) is 27.2. The molecule has 160 valence electrons. The van der Waals surface area contributed by atoms with Crippen LogP contribution in [0.2, 0.25) is 0 Å². The minimum atomic E-state index is 0.565. The van der Waals surface area contributed by atoms with Crippen molar-refractivity contribution >= 4 is 0 Å². The highest BCUT2D eigenvalue weighted by atomic mass is 16.5. The van der Waals surface area contributed by atoms with Gasteiger partial charge in [0.05, 0.1) is 0 Å². The van der Waals surface area contributed by atoms with Crippen LogP contribution in [0.25, 0.3) is 0 Å². The van der Waals surface area contributed by atoms with Crippen LogP contribution in [0.5, 0.6) is 0 Å². The molecule has 0 radical (unpaired) electrons. The quantitative estimate of drug-likeness (QED) is 0.205. The maximum Gasteiger partial charge on any atom is 0.126 e. The highest BCUT2D eigenvalue weighted by Gasteiger charge is 2.00. The SMILES string of the molecule is C=C\C(C)=C/C=C(C=C)/C(C=C)=C/C=C(\C=C)O/C(C=C)=C/C=C(C=C)/C(C=C)=C/C. The molecule has 0 bridgehead atoms. The van der Waals surface area contributed by atoms with Crippen LogP contribution in [0.15, 0.2) is 171 Å². The number of ether oxygens (including phenoxy) is 1. The third-order valence-corrected chi connectivity index (χ3v) is 4.20. The Balaban J connectivity index is 5.96. The van der Waals surface area contributed by atoms with Crippen LogP contribution >= 0.6 is 0 Å². The van der Waals surface area contributed by atoms with E-state index >= 15 is 0 Å². The summed E-state index contributed by atoms with van der Waals surface area (Å²) in [4.78, 5) is 0. The molecule has 0 rings (SSSR count). The average Bonchev–Trinajstić information content (AvgIpc) is 2.80. The van der Waals surface area contributed by atoms with Gasteiger partial charge in [-0.05, 0) is 60.4 Å². The molecule has 0 fully saturated rings. The van der Waals surface area contributed by atoms with Crippen LogP contribution in [0, 0.1) is 0 Å². The molecule has 0 aromatic rings. The summed E-state index contributed by atoms with van der Waals surface area (Å²) in [6.07, 6.45) is 25.5. The van der Waals surface area contributed by atoms with Gasteiger partial charge in [0, 0.05) is 0 Å². The first-order valence-corrected chi connectivity index (χ1v) is 9.88. The summed E-state index contributed by atoms with van der Waals surface area (Å²) in [7, 11) is 0. The second-order valence-corrected chi connectivity index (χ2v) is 6.19. The molecule has 0 unspecified atom stereocenters. The highest BCUT2D eigenvalue weighted by Crippen LogP contribution is 2.17. The monoisotopic (exact) mass is 410 g/mol. The van der Waals surface area contributed by atoms with Crippen molar-refractivity contribution in [1.29, 1.82) is 0 Å². The van der Waals surface area contributed by atoms with Crippen molar-refractivity contribution in [1.82, 2.24) is 0 Å². The summed E-state index contributed by atoms with van der Waals surface area (Å²) >= 11 is 0. The van der Waals surface area contributed by atoms with Crippen molar-refractivity contribution in [2.24, 2.45) is 0 Å². The third-order valence-electron chi connectivity index (χ3n) is 4.20. The Hall–Kier alpha value is -3.84. The zero-order chi connectivity index (χ0) is 23.6. The molecule has 31 heavy (non-hydrogen) atoms. The molecule has 0 atom stereocenters. The van der Waals surface area contributed by atoms with Crippen LogP contribution in [-0.2, 0) is 4.74 Å². The smallest absolute Gasteiger partial charge is 0.126 e. The van der Waals surface area contributed by atoms with Crippen molar-refractivity contribution in [2.45, 2.75) is 13.8 Å². The lowest BCUT2D eigenvalue weighted by molar-refractivity contribution is 0.337. The fourth-order valence-corrected chi connectivity index (χ4v) is 2.31. The maximum absolute atomic E-state index is 5.93. The summed E-state index contributed by atoms with van der Waals surface area (Å²) < 4.78 is 5.93. The van der Waals surface area contributed by atoms with E-state index < -0.39 is 0 Å². The van der Waals surface area contributed by atoms with E-state index in [1.165, 1.54) is 0 Å². The molecule has 0 heterocycles. The Bertz CT molecular complexity index is 931. The van der Waals surface area contributed by atoms with Crippen molar-refractivity contribution in [3.63, 3.8) is 0 Å². The standard InChI is InChI=1S/C30H34O/c1-10-24(9)18-19-27(14-5)28(15-6)21-23-30(17-8)31-29(16-7)22-20-26(13-4)25(11-2)12-3/h10-23H,1-2,4-8H2,3,9H3/b24-18-,25-12+,26-20+,27-19+,28-21+,29-22+,30-23+. The van der Waals surface area contributed by atoms with Crippen LogP contribution in [-0.4, -0.2) is 0 Å². The minimum Gasteiger partial charge on any atom is -0.457 e. The predicted octanol–water partition coefficient (Wildman–Crippen LogP) is 8.74. The molecule has 0 spiro atoms. The first-order valence-electron chi connectivity index (χ1n) is 9.88. The predicted molar refractivity (Wildman–Crippen MR) is 140 cm³/mol. The third kappa shape index (κ3) is 9.96. The van der Waals surface area contributed by atoms with Crippen molar-refractivity contribution < 1.29 is 4.74 Å². The lowest BCUT2D eigenvalue weighted by Gasteiger charge is -2.07. The Morgan fingerprint density at radius 3 is 1.19 bits per heavy atom. The molecule has 0 amide bonds. The molecule has 0 saturated carbocycles. The van der Waals surface area contributed by atoms with Crippen LogP contribution in [0.4, 0.5) is 0 Å². The van der Waals surface area contributed by atoms with Gasteiger partial charge in [0.25, 0.3) is 0 Å². The fraction of sp³-hybridized carbons (Fsp3) is 0.0667. The van der Waals surface area contributed by atoms with Crippen molar-refractivity contribution in [3.05, 3.63) is 171 Å². The summed E-state index contributed by atoms with van der Waals surface area (Å²) in [6.45, 7) is 30.8. The van der Waals surface area contributed by atoms with E-state index in [1.54, 1.807) is 42.5 Å². The van der Waals surface area contributed by atoms with Gasteiger partial charge < -0.3 is 4.74 Å². The summed E-state index contributed by atoms with van der Waals surface area (Å²) in [6, 6.07) is 0. The van der Waals surface area contributed by atoms with Gasteiger partial charge in [0.1, 0.15) is 11.5 Å². The molecule has 0 N–H and O–H groups in total. The second kappa shape index (κ2) is 16.0. The van der Waals surface area contributed by atoms with Crippen LogP contribution < -0.4 is 0 Å². The average molecular weight is 411 g/mol. The van der Waals surface area contributed by atoms with Gasteiger partial charge in [-0.2, -0.15) is 0 Å². The minimum absolute atomic E-state index is 0.565. The van der Waals surface area contributed by atoms with Gasteiger partial charge in [0.2, 0.25) is 0 Å². The number of rotatable bonds is 14. The largest absolute Gasteiger partial charge is 0.457 e. The topological polar surface area (TPSA) is 9.23 Å². The summed E-state index contributed by atoms with van der Waals surface area (Å²) in [5.41, 5.74) is 4.79. The van der Waals surface area contributed by atoms with E-state index in [1.807, 2.05) is 56.4 Å². The normalized spacial score (nSPS) is 14.5. The van der Waals surface area contributed by atoms with Crippen molar-refractivity contribution in [3.8, 4) is 0 Å². The molecule has 0 aliphatic rings. The van der Waals surface area contributed by atoms with E-state index in [0.717, 1.165) is 27.9 Å². The molecule has 0 aliphatic carbocycles. The first-order chi connectivity index (χ1) is 14.9. The number of hydrogen-bond acceptors (Lipinski definition) is 1. The van der Waals surface area contributed by atoms with Crippen LogP contribution in [0.3, 0.4) is 0 Å². The lowest BCUT2D eigenvalue weighted by Crippen LogP contribution is -1.89. The molecular formula is C30H34O. The molecule has 1 heteroatoms. The van der Waals surface area contributed by atoms with Gasteiger partial charge >= 0.3 is 0 Å². The van der Waals surface area contributed by atoms with Gasteiger partial charge in [-0.15, -0.1) is 0 Å². The molecule has 0 aromatic carbocycles. The molecule has 0 saturated heterocycles.